The SMILES string of the molecule is CS(=O)(=O)N[C@@H]1CCN(Cc2ccco2)[C@H]1Cc1ccccc1.O=C(O)C(F)(F)F. The summed E-state index contributed by atoms with van der Waals surface area (Å²) in [5, 5.41) is 7.12. The second-order valence-electron chi connectivity index (χ2n) is 6.90. The minimum absolute atomic E-state index is 0.0693. The fraction of sp³-hybridized carbons (Fsp3) is 0.421. The molecule has 0 saturated carbocycles. The van der Waals surface area contributed by atoms with Crippen molar-refractivity contribution in [3.05, 3.63) is 60.1 Å². The van der Waals surface area contributed by atoms with Crippen LogP contribution >= 0.6 is 0 Å². The Balaban J connectivity index is 0.000000396. The molecule has 0 aliphatic carbocycles. The van der Waals surface area contributed by atoms with Crippen LogP contribution in [0.2, 0.25) is 0 Å². The maximum absolute atomic E-state index is 11.7. The Bertz CT molecular complexity index is 902. The summed E-state index contributed by atoms with van der Waals surface area (Å²) in [5.74, 6) is -1.85. The molecule has 2 N–H and O–H groups in total. The molecule has 0 spiro atoms. The molecule has 7 nitrogen and oxygen atoms in total. The first-order chi connectivity index (χ1) is 14.0. The van der Waals surface area contributed by atoms with E-state index in [1.165, 1.54) is 11.8 Å². The highest BCUT2D eigenvalue weighted by molar-refractivity contribution is 7.88. The fourth-order valence-corrected chi connectivity index (χ4v) is 4.08. The lowest BCUT2D eigenvalue weighted by Crippen LogP contribution is -2.45. The van der Waals surface area contributed by atoms with Gasteiger partial charge in [0.1, 0.15) is 5.76 Å². The van der Waals surface area contributed by atoms with Gasteiger partial charge in [-0.3, -0.25) is 4.90 Å². The van der Waals surface area contributed by atoms with Gasteiger partial charge in [-0.1, -0.05) is 30.3 Å². The van der Waals surface area contributed by atoms with Crippen LogP contribution in [-0.2, 0) is 27.8 Å². The first-order valence-electron chi connectivity index (χ1n) is 9.03. The van der Waals surface area contributed by atoms with Gasteiger partial charge in [0.05, 0.1) is 19.1 Å². The number of alkyl halides is 3. The van der Waals surface area contributed by atoms with E-state index in [1.807, 2.05) is 30.3 Å². The normalized spacial score (nSPS) is 19.9. The van der Waals surface area contributed by atoms with Gasteiger partial charge in [0.15, 0.2) is 0 Å². The van der Waals surface area contributed by atoms with Gasteiger partial charge >= 0.3 is 12.1 Å². The first-order valence-corrected chi connectivity index (χ1v) is 10.9. The van der Waals surface area contributed by atoms with E-state index in [9.17, 15) is 21.6 Å². The fourth-order valence-electron chi connectivity index (χ4n) is 3.26. The quantitative estimate of drug-likeness (QED) is 0.705. The van der Waals surface area contributed by atoms with Crippen molar-refractivity contribution in [1.29, 1.82) is 0 Å². The lowest BCUT2D eigenvalue weighted by atomic mass is 10.0. The molecule has 2 heterocycles. The van der Waals surface area contributed by atoms with Gasteiger partial charge in [-0.25, -0.2) is 17.9 Å². The van der Waals surface area contributed by atoms with E-state index in [-0.39, 0.29) is 12.1 Å². The van der Waals surface area contributed by atoms with Crippen molar-refractivity contribution in [3.63, 3.8) is 0 Å². The molecule has 1 fully saturated rings. The van der Waals surface area contributed by atoms with Crippen molar-refractivity contribution in [1.82, 2.24) is 9.62 Å². The summed E-state index contributed by atoms with van der Waals surface area (Å²) < 4.78 is 63.3. The number of nitrogens with one attached hydrogen (secondary N) is 1. The first kappa shape index (κ1) is 23.9. The van der Waals surface area contributed by atoms with Crippen molar-refractivity contribution in [3.8, 4) is 0 Å². The van der Waals surface area contributed by atoms with Crippen LogP contribution in [0, 0.1) is 0 Å². The highest BCUT2D eigenvalue weighted by Crippen LogP contribution is 2.24. The van der Waals surface area contributed by atoms with Gasteiger partial charge in [0, 0.05) is 18.6 Å². The van der Waals surface area contributed by atoms with Crippen LogP contribution in [0.3, 0.4) is 0 Å². The van der Waals surface area contributed by atoms with Gasteiger partial charge in [0.25, 0.3) is 0 Å². The number of sulfonamides is 1. The maximum Gasteiger partial charge on any atom is 0.490 e. The van der Waals surface area contributed by atoms with Crippen LogP contribution in [0.15, 0.2) is 53.1 Å². The van der Waals surface area contributed by atoms with E-state index in [0.29, 0.717) is 6.54 Å². The minimum atomic E-state index is -5.08. The number of carboxylic acid groups (broad SMARTS) is 1. The lowest BCUT2D eigenvalue weighted by molar-refractivity contribution is -0.192. The molecule has 0 bridgehead atoms. The predicted molar refractivity (Wildman–Crippen MR) is 103 cm³/mol. The number of aliphatic carboxylic acids is 1. The highest BCUT2D eigenvalue weighted by atomic mass is 32.2. The monoisotopic (exact) mass is 448 g/mol. The van der Waals surface area contributed by atoms with Crippen LogP contribution in [0.1, 0.15) is 17.7 Å². The molecule has 166 valence electrons. The predicted octanol–water partition coefficient (Wildman–Crippen LogP) is 2.65. The topological polar surface area (TPSA) is 99.9 Å². The molecule has 0 unspecified atom stereocenters. The molecule has 1 aliphatic heterocycles. The van der Waals surface area contributed by atoms with Crippen molar-refractivity contribution in [2.75, 3.05) is 12.8 Å². The molecule has 1 aromatic carbocycles. The number of rotatable bonds is 6. The lowest BCUT2D eigenvalue weighted by Gasteiger charge is -2.28. The number of nitrogens with zero attached hydrogens (tertiary/aromatic N) is 1. The summed E-state index contributed by atoms with van der Waals surface area (Å²) >= 11 is 0. The van der Waals surface area contributed by atoms with Crippen LogP contribution in [0.5, 0.6) is 0 Å². The Morgan fingerprint density at radius 2 is 1.87 bits per heavy atom. The number of likely N-dealkylation sites (tertiary alicyclic amines) is 1. The zero-order chi connectivity index (χ0) is 22.4. The summed E-state index contributed by atoms with van der Waals surface area (Å²) in [7, 11) is -3.22. The molecule has 11 heteroatoms. The molecule has 30 heavy (non-hydrogen) atoms. The number of benzene rings is 1. The molecule has 1 aliphatic rings. The molecule has 1 saturated heterocycles. The van der Waals surface area contributed by atoms with Gasteiger partial charge in [-0.15, -0.1) is 0 Å². The van der Waals surface area contributed by atoms with Crippen molar-refractivity contribution in [2.24, 2.45) is 0 Å². The summed E-state index contributed by atoms with van der Waals surface area (Å²) in [4.78, 5) is 11.2. The molecule has 0 radical (unpaired) electrons. The minimum Gasteiger partial charge on any atom is -0.475 e. The van der Waals surface area contributed by atoms with E-state index in [2.05, 4.69) is 21.8 Å². The average Bonchev–Trinajstić information content (AvgIpc) is 3.27. The molecule has 0 amide bonds. The Labute approximate surface area is 172 Å². The zero-order valence-corrected chi connectivity index (χ0v) is 17.0. The Morgan fingerprint density at radius 1 is 1.23 bits per heavy atom. The zero-order valence-electron chi connectivity index (χ0n) is 16.2. The number of carboxylic acids is 1. The van der Waals surface area contributed by atoms with Crippen LogP contribution in [0.25, 0.3) is 0 Å². The number of carbonyl (C=O) groups is 1. The standard InChI is InChI=1S/C17H22N2O3S.C2HF3O2/c1-23(20,21)18-16-9-10-19(13-15-8-5-11-22-15)17(16)12-14-6-3-2-4-7-14;3-2(4,5)1(6)7/h2-8,11,16-18H,9-10,12-13H2,1H3;(H,6,7)/t16-,17+;/m1./s1. The number of furan rings is 1. The third-order valence-corrected chi connectivity index (χ3v) is 5.23. The number of hydrogen-bond acceptors (Lipinski definition) is 5. The number of halogens is 3. The Kier molecular flexibility index (Phi) is 8.04. The third-order valence-electron chi connectivity index (χ3n) is 4.50. The highest BCUT2D eigenvalue weighted by Gasteiger charge is 2.38. The van der Waals surface area contributed by atoms with Gasteiger partial charge in [-0.05, 0) is 30.5 Å². The summed E-state index contributed by atoms with van der Waals surface area (Å²) in [6, 6.07) is 14.1. The van der Waals surface area contributed by atoms with Crippen molar-refractivity contribution < 1.29 is 35.9 Å². The molecular formula is C19H23F3N2O5S. The summed E-state index contributed by atoms with van der Waals surface area (Å²) in [6.07, 6.45) is -0.564. The van der Waals surface area contributed by atoms with Crippen molar-refractivity contribution in [2.45, 2.75) is 37.6 Å². The molecule has 2 atom stereocenters. The Hall–Kier alpha value is -2.37. The van der Waals surface area contributed by atoms with Crippen LogP contribution in [-0.4, -0.2) is 55.5 Å². The van der Waals surface area contributed by atoms with E-state index < -0.39 is 22.2 Å². The van der Waals surface area contributed by atoms with Crippen molar-refractivity contribution >= 4 is 16.0 Å². The van der Waals surface area contributed by atoms with Crippen LogP contribution < -0.4 is 4.72 Å². The molecule has 3 rings (SSSR count). The van der Waals surface area contributed by atoms with E-state index in [1.54, 1.807) is 6.26 Å². The summed E-state index contributed by atoms with van der Waals surface area (Å²) in [5.41, 5.74) is 1.21. The Morgan fingerprint density at radius 3 is 2.37 bits per heavy atom. The third kappa shape index (κ3) is 7.81. The molecular weight excluding hydrogens is 425 g/mol. The second-order valence-corrected chi connectivity index (χ2v) is 8.68. The summed E-state index contributed by atoms with van der Waals surface area (Å²) in [6.45, 7) is 1.55. The van der Waals surface area contributed by atoms with E-state index >= 15 is 0 Å². The largest absolute Gasteiger partial charge is 0.490 e. The molecule has 1 aromatic heterocycles. The van der Waals surface area contributed by atoms with E-state index in [0.717, 1.165) is 25.1 Å². The van der Waals surface area contributed by atoms with Gasteiger partial charge in [-0.2, -0.15) is 13.2 Å². The van der Waals surface area contributed by atoms with Gasteiger partial charge < -0.3 is 9.52 Å². The smallest absolute Gasteiger partial charge is 0.475 e. The molecule has 2 aromatic rings. The van der Waals surface area contributed by atoms with Gasteiger partial charge in [0.2, 0.25) is 10.0 Å². The number of hydrogen-bond donors (Lipinski definition) is 2. The maximum atomic E-state index is 11.7. The van der Waals surface area contributed by atoms with Crippen LogP contribution in [0.4, 0.5) is 13.2 Å². The average molecular weight is 448 g/mol. The second kappa shape index (κ2) is 10.1. The van der Waals surface area contributed by atoms with E-state index in [4.69, 9.17) is 14.3 Å².